The SMILES string of the molecule is COC(=O)/C=C(/C)c1ccn(C)c1. The Hall–Kier alpha value is -1.51. The fraction of sp³-hybridized carbons (Fsp3) is 0.300. The molecule has 0 unspecified atom stereocenters. The number of ether oxygens (including phenoxy) is 1. The number of hydrogen-bond donors (Lipinski definition) is 0. The number of carbonyl (C=O) groups is 1. The van der Waals surface area contributed by atoms with Gasteiger partial charge in [-0.15, -0.1) is 0 Å². The number of allylic oxidation sites excluding steroid dienone is 1. The first-order chi connectivity index (χ1) is 6.13. The first-order valence-electron chi connectivity index (χ1n) is 4.02. The lowest BCUT2D eigenvalue weighted by Crippen LogP contribution is -1.95. The maximum Gasteiger partial charge on any atom is 0.330 e. The van der Waals surface area contributed by atoms with Gasteiger partial charge in [0, 0.05) is 25.5 Å². The third-order valence-corrected chi connectivity index (χ3v) is 1.82. The van der Waals surface area contributed by atoms with E-state index < -0.39 is 0 Å². The quantitative estimate of drug-likeness (QED) is 0.510. The van der Waals surface area contributed by atoms with E-state index in [-0.39, 0.29) is 5.97 Å². The summed E-state index contributed by atoms with van der Waals surface area (Å²) in [5.41, 5.74) is 1.94. The Labute approximate surface area is 77.6 Å². The molecule has 3 nitrogen and oxygen atoms in total. The molecule has 1 heterocycles. The maximum atomic E-state index is 10.9. The van der Waals surface area contributed by atoms with Crippen LogP contribution < -0.4 is 0 Å². The van der Waals surface area contributed by atoms with Crippen molar-refractivity contribution in [3.8, 4) is 0 Å². The minimum atomic E-state index is -0.318. The van der Waals surface area contributed by atoms with Crippen molar-refractivity contribution >= 4 is 11.5 Å². The molecule has 13 heavy (non-hydrogen) atoms. The molecule has 0 saturated heterocycles. The van der Waals surface area contributed by atoms with Crippen molar-refractivity contribution in [1.29, 1.82) is 0 Å². The van der Waals surface area contributed by atoms with Gasteiger partial charge in [0.25, 0.3) is 0 Å². The van der Waals surface area contributed by atoms with Crippen LogP contribution >= 0.6 is 0 Å². The average molecular weight is 179 g/mol. The Morgan fingerprint density at radius 2 is 2.31 bits per heavy atom. The molecule has 0 aliphatic carbocycles. The van der Waals surface area contributed by atoms with Gasteiger partial charge in [0.2, 0.25) is 0 Å². The van der Waals surface area contributed by atoms with E-state index in [1.165, 1.54) is 13.2 Å². The van der Waals surface area contributed by atoms with Crippen LogP contribution in [-0.4, -0.2) is 17.6 Å². The Balaban J connectivity index is 2.84. The molecule has 70 valence electrons. The zero-order valence-electron chi connectivity index (χ0n) is 8.07. The lowest BCUT2D eigenvalue weighted by atomic mass is 10.1. The van der Waals surface area contributed by atoms with Gasteiger partial charge in [-0.3, -0.25) is 0 Å². The van der Waals surface area contributed by atoms with Gasteiger partial charge in [-0.05, 0) is 24.1 Å². The van der Waals surface area contributed by atoms with Gasteiger partial charge in [-0.1, -0.05) is 0 Å². The number of rotatable bonds is 2. The lowest BCUT2D eigenvalue weighted by Gasteiger charge is -1.96. The van der Waals surface area contributed by atoms with Crippen molar-refractivity contribution in [1.82, 2.24) is 4.57 Å². The second-order valence-electron chi connectivity index (χ2n) is 2.92. The summed E-state index contributed by atoms with van der Waals surface area (Å²) in [6, 6.07) is 1.95. The molecule has 0 aliphatic heterocycles. The molecule has 0 aromatic carbocycles. The standard InChI is InChI=1S/C10H13NO2/c1-8(6-10(12)13-3)9-4-5-11(2)7-9/h4-7H,1-3H3/b8-6-. The van der Waals surface area contributed by atoms with Gasteiger partial charge in [-0.2, -0.15) is 0 Å². The molecule has 0 atom stereocenters. The second kappa shape index (κ2) is 3.94. The summed E-state index contributed by atoms with van der Waals surface area (Å²) >= 11 is 0. The van der Waals surface area contributed by atoms with Crippen LogP contribution in [0.4, 0.5) is 0 Å². The summed E-state index contributed by atoms with van der Waals surface area (Å²) in [4.78, 5) is 10.9. The van der Waals surface area contributed by atoms with Gasteiger partial charge < -0.3 is 9.30 Å². The summed E-state index contributed by atoms with van der Waals surface area (Å²) in [7, 11) is 3.31. The number of carbonyl (C=O) groups excluding carboxylic acids is 1. The molecule has 3 heteroatoms. The van der Waals surface area contributed by atoms with Gasteiger partial charge in [0.1, 0.15) is 0 Å². The molecular formula is C10H13NO2. The molecule has 0 bridgehead atoms. The molecular weight excluding hydrogens is 166 g/mol. The van der Waals surface area contributed by atoms with Crippen LogP contribution in [0, 0.1) is 0 Å². The first-order valence-corrected chi connectivity index (χ1v) is 4.02. The Morgan fingerprint density at radius 3 is 2.77 bits per heavy atom. The zero-order valence-corrected chi connectivity index (χ0v) is 8.07. The molecule has 1 aromatic heterocycles. The van der Waals surface area contributed by atoms with Crippen molar-refractivity contribution in [3.63, 3.8) is 0 Å². The fourth-order valence-electron chi connectivity index (χ4n) is 1.06. The fourth-order valence-corrected chi connectivity index (χ4v) is 1.06. The van der Waals surface area contributed by atoms with Gasteiger partial charge >= 0.3 is 5.97 Å². The minimum Gasteiger partial charge on any atom is -0.466 e. The van der Waals surface area contributed by atoms with Crippen molar-refractivity contribution in [2.24, 2.45) is 7.05 Å². The van der Waals surface area contributed by atoms with E-state index >= 15 is 0 Å². The smallest absolute Gasteiger partial charge is 0.330 e. The minimum absolute atomic E-state index is 0.318. The van der Waals surface area contributed by atoms with Gasteiger partial charge in [0.15, 0.2) is 0 Å². The summed E-state index contributed by atoms with van der Waals surface area (Å²) in [5.74, 6) is -0.318. The number of esters is 1. The van der Waals surface area contributed by atoms with Crippen molar-refractivity contribution in [2.75, 3.05) is 7.11 Å². The second-order valence-corrected chi connectivity index (χ2v) is 2.92. The Morgan fingerprint density at radius 1 is 1.62 bits per heavy atom. The van der Waals surface area contributed by atoms with Crippen molar-refractivity contribution in [3.05, 3.63) is 30.1 Å². The molecule has 0 radical (unpaired) electrons. The summed E-state index contributed by atoms with van der Waals surface area (Å²) in [5, 5.41) is 0. The predicted octanol–water partition coefficient (Wildman–Crippen LogP) is 1.60. The third-order valence-electron chi connectivity index (χ3n) is 1.82. The van der Waals surface area contributed by atoms with Crippen LogP contribution in [0.15, 0.2) is 24.5 Å². The summed E-state index contributed by atoms with van der Waals surface area (Å²) < 4.78 is 6.46. The number of aryl methyl sites for hydroxylation is 1. The molecule has 0 amide bonds. The molecule has 1 rings (SSSR count). The van der Waals surface area contributed by atoms with E-state index in [1.54, 1.807) is 0 Å². The lowest BCUT2D eigenvalue weighted by molar-refractivity contribution is -0.134. The molecule has 0 saturated carbocycles. The van der Waals surface area contributed by atoms with Crippen molar-refractivity contribution in [2.45, 2.75) is 6.92 Å². The van der Waals surface area contributed by atoms with E-state index in [0.29, 0.717) is 0 Å². The number of methoxy groups -OCH3 is 1. The van der Waals surface area contributed by atoms with Crippen LogP contribution in [0.5, 0.6) is 0 Å². The van der Waals surface area contributed by atoms with Gasteiger partial charge in [-0.25, -0.2) is 4.79 Å². The highest BCUT2D eigenvalue weighted by atomic mass is 16.5. The van der Waals surface area contributed by atoms with E-state index in [2.05, 4.69) is 4.74 Å². The highest BCUT2D eigenvalue weighted by Gasteiger charge is 2.00. The molecule has 1 aromatic rings. The molecule has 0 spiro atoms. The average Bonchev–Trinajstić information content (AvgIpc) is 2.51. The van der Waals surface area contributed by atoms with Crippen LogP contribution in [-0.2, 0) is 16.6 Å². The number of nitrogens with zero attached hydrogens (tertiary/aromatic N) is 1. The van der Waals surface area contributed by atoms with Crippen LogP contribution in [0.25, 0.3) is 5.57 Å². The number of aromatic nitrogens is 1. The van der Waals surface area contributed by atoms with E-state index in [4.69, 9.17) is 0 Å². The zero-order chi connectivity index (χ0) is 9.84. The highest BCUT2D eigenvalue weighted by Crippen LogP contribution is 2.13. The normalized spacial score (nSPS) is 11.5. The molecule has 0 fully saturated rings. The highest BCUT2D eigenvalue weighted by molar-refractivity contribution is 5.90. The largest absolute Gasteiger partial charge is 0.466 e. The van der Waals surface area contributed by atoms with Crippen LogP contribution in [0.3, 0.4) is 0 Å². The molecule has 0 aliphatic rings. The Kier molecular flexibility index (Phi) is 2.90. The molecule has 0 N–H and O–H groups in total. The summed E-state index contributed by atoms with van der Waals surface area (Å²) in [6.45, 7) is 1.88. The maximum absolute atomic E-state index is 10.9. The first kappa shape index (κ1) is 9.58. The topological polar surface area (TPSA) is 31.2 Å². The summed E-state index contributed by atoms with van der Waals surface area (Å²) in [6.07, 6.45) is 5.37. The van der Waals surface area contributed by atoms with Crippen LogP contribution in [0.1, 0.15) is 12.5 Å². The van der Waals surface area contributed by atoms with Crippen LogP contribution in [0.2, 0.25) is 0 Å². The predicted molar refractivity (Wildman–Crippen MR) is 51.1 cm³/mol. The van der Waals surface area contributed by atoms with E-state index in [0.717, 1.165) is 11.1 Å². The van der Waals surface area contributed by atoms with E-state index in [1.807, 2.05) is 37.0 Å². The van der Waals surface area contributed by atoms with Crippen molar-refractivity contribution < 1.29 is 9.53 Å². The third kappa shape index (κ3) is 2.47. The van der Waals surface area contributed by atoms with Gasteiger partial charge in [0.05, 0.1) is 7.11 Å². The monoisotopic (exact) mass is 179 g/mol. The Bertz CT molecular complexity index is 336. The number of hydrogen-bond acceptors (Lipinski definition) is 2. The van der Waals surface area contributed by atoms with E-state index in [9.17, 15) is 4.79 Å².